The maximum atomic E-state index is 12.7. The van der Waals surface area contributed by atoms with Crippen molar-refractivity contribution in [2.75, 3.05) is 26.1 Å². The van der Waals surface area contributed by atoms with Gasteiger partial charge in [-0.25, -0.2) is 4.79 Å². The van der Waals surface area contributed by atoms with Crippen LogP contribution in [0.5, 0.6) is 17.2 Å². The van der Waals surface area contributed by atoms with Crippen LogP contribution in [0.4, 0.5) is 5.69 Å². The second-order valence-corrected chi connectivity index (χ2v) is 8.45. The van der Waals surface area contributed by atoms with Gasteiger partial charge in [-0.15, -0.1) is 11.3 Å². The molecule has 0 fully saturated rings. The van der Waals surface area contributed by atoms with Crippen molar-refractivity contribution in [3.63, 3.8) is 0 Å². The van der Waals surface area contributed by atoms with Gasteiger partial charge >= 0.3 is 5.97 Å². The topological polar surface area (TPSA) is 94.1 Å². The highest BCUT2D eigenvalue weighted by Crippen LogP contribution is 2.50. The molecule has 7 nitrogen and oxygen atoms in total. The van der Waals surface area contributed by atoms with Gasteiger partial charge in [-0.1, -0.05) is 30.9 Å². The summed E-state index contributed by atoms with van der Waals surface area (Å²) < 4.78 is 16.3. The molecule has 0 aliphatic carbocycles. The van der Waals surface area contributed by atoms with E-state index in [1.54, 1.807) is 50.6 Å². The number of carboxylic acid groups (broad SMARTS) is 1. The van der Waals surface area contributed by atoms with Crippen molar-refractivity contribution in [3.8, 4) is 28.4 Å². The van der Waals surface area contributed by atoms with Crippen LogP contribution in [-0.4, -0.2) is 37.8 Å². The summed E-state index contributed by atoms with van der Waals surface area (Å²) in [5, 5.41) is 12.8. The molecule has 0 unspecified atom stereocenters. The number of anilines is 1. The van der Waals surface area contributed by atoms with Gasteiger partial charge in [-0.2, -0.15) is 0 Å². The SMILES string of the molecule is C=CCOc1ccc([C@@H]2CC(=O)Nc3c2sc(C(=O)O)c3-c2ccc(OC)cc2)cc1OC. The van der Waals surface area contributed by atoms with Crippen molar-refractivity contribution in [2.24, 2.45) is 0 Å². The molecule has 170 valence electrons. The third kappa shape index (κ3) is 4.29. The highest BCUT2D eigenvalue weighted by atomic mass is 32.1. The van der Waals surface area contributed by atoms with Gasteiger partial charge < -0.3 is 24.6 Å². The number of ether oxygens (including phenoxy) is 3. The Balaban J connectivity index is 1.83. The minimum absolute atomic E-state index is 0.176. The number of carbonyl (C=O) groups is 2. The Bertz CT molecular complexity index is 1210. The molecule has 0 saturated heterocycles. The molecule has 8 heteroatoms. The zero-order valence-electron chi connectivity index (χ0n) is 18.2. The first-order valence-electron chi connectivity index (χ1n) is 10.2. The molecule has 1 atom stereocenters. The number of rotatable bonds is 8. The van der Waals surface area contributed by atoms with Crippen LogP contribution in [-0.2, 0) is 4.79 Å². The zero-order chi connectivity index (χ0) is 23.5. The standard InChI is InChI=1S/C25H23NO6S/c1-4-11-32-18-10-7-15(12-19(18)31-3)17-13-20(27)26-22-21(24(25(28)29)33-23(17)22)14-5-8-16(30-2)9-6-14/h4-10,12,17H,1,11,13H2,2-3H3,(H,26,27)(H,28,29)/t17-/m0/s1. The minimum atomic E-state index is -1.04. The van der Waals surface area contributed by atoms with Crippen molar-refractivity contribution < 1.29 is 28.9 Å². The molecule has 33 heavy (non-hydrogen) atoms. The van der Waals surface area contributed by atoms with E-state index in [0.29, 0.717) is 40.7 Å². The quantitative estimate of drug-likeness (QED) is 0.446. The third-order valence-corrected chi connectivity index (χ3v) is 6.72. The number of hydrogen-bond donors (Lipinski definition) is 2. The van der Waals surface area contributed by atoms with Crippen molar-refractivity contribution in [1.29, 1.82) is 0 Å². The van der Waals surface area contributed by atoms with Gasteiger partial charge in [0, 0.05) is 22.8 Å². The van der Waals surface area contributed by atoms with Gasteiger partial charge in [0.05, 0.1) is 19.9 Å². The van der Waals surface area contributed by atoms with Crippen LogP contribution in [0.15, 0.2) is 55.1 Å². The Morgan fingerprint density at radius 2 is 1.94 bits per heavy atom. The predicted molar refractivity (Wildman–Crippen MR) is 127 cm³/mol. The molecule has 1 aromatic heterocycles. The Morgan fingerprint density at radius 1 is 1.18 bits per heavy atom. The van der Waals surface area contributed by atoms with Crippen LogP contribution in [0, 0.1) is 0 Å². The second kappa shape index (κ2) is 9.38. The lowest BCUT2D eigenvalue weighted by Gasteiger charge is -2.24. The fourth-order valence-corrected chi connectivity index (χ4v) is 5.15. The molecule has 2 heterocycles. The van der Waals surface area contributed by atoms with Crippen LogP contribution in [0.3, 0.4) is 0 Å². The van der Waals surface area contributed by atoms with Crippen LogP contribution in [0.25, 0.3) is 11.1 Å². The van der Waals surface area contributed by atoms with Crippen LogP contribution in [0.2, 0.25) is 0 Å². The molecule has 1 aliphatic rings. The van der Waals surface area contributed by atoms with Gasteiger partial charge in [0.2, 0.25) is 5.91 Å². The summed E-state index contributed by atoms with van der Waals surface area (Å²) in [6.45, 7) is 3.99. The molecule has 1 amide bonds. The molecular weight excluding hydrogens is 442 g/mol. The van der Waals surface area contributed by atoms with Crippen LogP contribution < -0.4 is 19.5 Å². The molecular formula is C25H23NO6S. The number of fused-ring (bicyclic) bond motifs is 1. The van der Waals surface area contributed by atoms with E-state index in [1.165, 1.54) is 11.3 Å². The fraction of sp³-hybridized carbons (Fsp3) is 0.200. The van der Waals surface area contributed by atoms with Crippen molar-refractivity contribution in [2.45, 2.75) is 12.3 Å². The molecule has 1 aliphatic heterocycles. The largest absolute Gasteiger partial charge is 0.497 e. The summed E-state index contributed by atoms with van der Waals surface area (Å²) >= 11 is 1.18. The first kappa shape index (κ1) is 22.4. The number of benzene rings is 2. The smallest absolute Gasteiger partial charge is 0.346 e. The second-order valence-electron chi connectivity index (χ2n) is 7.39. The normalized spacial score (nSPS) is 14.7. The number of methoxy groups -OCH3 is 2. The summed E-state index contributed by atoms with van der Waals surface area (Å²) in [6, 6.07) is 12.6. The Labute approximate surface area is 195 Å². The number of hydrogen-bond acceptors (Lipinski definition) is 6. The summed E-state index contributed by atoms with van der Waals surface area (Å²) in [4.78, 5) is 25.8. The molecule has 0 saturated carbocycles. The Morgan fingerprint density at radius 3 is 2.58 bits per heavy atom. The third-order valence-electron chi connectivity index (χ3n) is 5.43. The lowest BCUT2D eigenvalue weighted by Crippen LogP contribution is -2.22. The Hall–Kier alpha value is -3.78. The number of carbonyl (C=O) groups excluding carboxylic acids is 1. The van der Waals surface area contributed by atoms with Gasteiger partial charge in [0.1, 0.15) is 17.2 Å². The van der Waals surface area contributed by atoms with Gasteiger partial charge in [-0.3, -0.25) is 4.79 Å². The van der Waals surface area contributed by atoms with Crippen LogP contribution in [0.1, 0.15) is 32.5 Å². The molecule has 2 N–H and O–H groups in total. The molecule has 2 aromatic carbocycles. The average Bonchev–Trinajstić information content (AvgIpc) is 3.21. The molecule has 3 aromatic rings. The summed E-state index contributed by atoms with van der Waals surface area (Å²) in [6.07, 6.45) is 1.84. The lowest BCUT2D eigenvalue weighted by molar-refractivity contribution is -0.116. The molecule has 0 bridgehead atoms. The van der Waals surface area contributed by atoms with E-state index >= 15 is 0 Å². The van der Waals surface area contributed by atoms with E-state index in [0.717, 1.165) is 10.4 Å². The number of carboxylic acids is 1. The lowest BCUT2D eigenvalue weighted by atomic mass is 9.88. The molecule has 4 rings (SSSR count). The van der Waals surface area contributed by atoms with E-state index in [4.69, 9.17) is 14.2 Å². The maximum Gasteiger partial charge on any atom is 0.346 e. The van der Waals surface area contributed by atoms with Gasteiger partial charge in [-0.05, 0) is 35.4 Å². The Kier molecular flexibility index (Phi) is 6.37. The van der Waals surface area contributed by atoms with Crippen molar-refractivity contribution in [1.82, 2.24) is 0 Å². The number of aromatic carboxylic acids is 1. The predicted octanol–water partition coefficient (Wildman–Crippen LogP) is 5.17. The average molecular weight is 466 g/mol. The zero-order valence-corrected chi connectivity index (χ0v) is 19.0. The molecule has 0 radical (unpaired) electrons. The minimum Gasteiger partial charge on any atom is -0.497 e. The van der Waals surface area contributed by atoms with E-state index in [2.05, 4.69) is 11.9 Å². The van der Waals surface area contributed by atoms with E-state index < -0.39 is 5.97 Å². The number of amides is 1. The summed E-state index contributed by atoms with van der Waals surface area (Å²) in [5.74, 6) is 0.228. The van der Waals surface area contributed by atoms with E-state index in [9.17, 15) is 14.7 Å². The fourth-order valence-electron chi connectivity index (χ4n) is 3.91. The van der Waals surface area contributed by atoms with Gasteiger partial charge in [0.25, 0.3) is 0 Å². The highest BCUT2D eigenvalue weighted by Gasteiger charge is 2.34. The van der Waals surface area contributed by atoms with Gasteiger partial charge in [0.15, 0.2) is 11.5 Å². The monoisotopic (exact) mass is 465 g/mol. The number of nitrogens with one attached hydrogen (secondary N) is 1. The van der Waals surface area contributed by atoms with Crippen LogP contribution >= 0.6 is 11.3 Å². The first-order chi connectivity index (χ1) is 16.0. The highest BCUT2D eigenvalue weighted by molar-refractivity contribution is 7.15. The van der Waals surface area contributed by atoms with E-state index in [-0.39, 0.29) is 23.1 Å². The maximum absolute atomic E-state index is 12.7. The summed E-state index contributed by atoms with van der Waals surface area (Å²) in [7, 11) is 3.12. The first-order valence-corrected chi connectivity index (χ1v) is 11.0. The van der Waals surface area contributed by atoms with Crippen molar-refractivity contribution in [3.05, 3.63) is 70.4 Å². The molecule has 0 spiro atoms. The number of thiophene rings is 1. The van der Waals surface area contributed by atoms with Crippen molar-refractivity contribution >= 4 is 28.9 Å². The van der Waals surface area contributed by atoms with E-state index in [1.807, 2.05) is 12.1 Å². The summed E-state index contributed by atoms with van der Waals surface area (Å²) in [5.41, 5.74) is 2.57.